The SMILES string of the molecule is Cc1nn(-c2cccc(Oc3ccc4c5cc(CCC(C)C)ccc5n(-c5cc(C(C)(C)C)ccn5)c4c3)c2)c(C)c1-c1ccccc1. The summed E-state index contributed by atoms with van der Waals surface area (Å²) in [5.41, 5.74) is 10.2. The summed E-state index contributed by atoms with van der Waals surface area (Å²) in [4.78, 5) is 4.89. The van der Waals surface area contributed by atoms with Crippen molar-refractivity contribution in [3.05, 3.63) is 132 Å². The third-order valence-corrected chi connectivity index (χ3v) is 9.30. The maximum atomic E-state index is 6.59. The van der Waals surface area contributed by atoms with Crippen LogP contribution in [0.25, 0.3) is 44.4 Å². The van der Waals surface area contributed by atoms with Crippen molar-refractivity contribution < 1.29 is 4.74 Å². The monoisotopic (exact) mass is 632 g/mol. The average molecular weight is 633 g/mol. The molecular weight excluding hydrogens is 589 g/mol. The molecule has 5 heteroatoms. The molecule has 0 aliphatic heterocycles. The van der Waals surface area contributed by atoms with Gasteiger partial charge in [-0.3, -0.25) is 4.57 Å². The number of rotatable bonds is 8. The lowest BCUT2D eigenvalue weighted by Crippen LogP contribution is -2.12. The number of pyridine rings is 1. The van der Waals surface area contributed by atoms with E-state index in [-0.39, 0.29) is 5.41 Å². The van der Waals surface area contributed by atoms with Crippen LogP contribution in [0.1, 0.15) is 63.6 Å². The Balaban J connectivity index is 1.30. The zero-order valence-corrected chi connectivity index (χ0v) is 29.1. The summed E-state index contributed by atoms with van der Waals surface area (Å²) < 4.78 is 10.9. The molecule has 0 radical (unpaired) electrons. The molecule has 0 N–H and O–H groups in total. The van der Waals surface area contributed by atoms with Crippen molar-refractivity contribution in [3.8, 4) is 34.1 Å². The van der Waals surface area contributed by atoms with Gasteiger partial charge in [0.25, 0.3) is 0 Å². The highest BCUT2D eigenvalue weighted by molar-refractivity contribution is 6.09. The Labute approximate surface area is 283 Å². The molecule has 0 saturated carbocycles. The molecule has 0 bridgehead atoms. The highest BCUT2D eigenvalue weighted by Gasteiger charge is 2.19. The first-order valence-electron chi connectivity index (χ1n) is 17.0. The molecular formula is C43H44N4O. The van der Waals surface area contributed by atoms with Gasteiger partial charge in [-0.15, -0.1) is 0 Å². The van der Waals surface area contributed by atoms with Crippen LogP contribution in [-0.4, -0.2) is 19.3 Å². The molecule has 0 aliphatic carbocycles. The molecule has 0 aliphatic rings. The summed E-state index contributed by atoms with van der Waals surface area (Å²) in [7, 11) is 0. The largest absolute Gasteiger partial charge is 0.457 e. The van der Waals surface area contributed by atoms with Crippen molar-refractivity contribution in [2.24, 2.45) is 5.92 Å². The molecule has 242 valence electrons. The standard InChI is InChI=1S/C43H44N4O/c1-28(2)16-17-31-18-21-39-38(24-31)37-20-19-36(27-40(37)46(39)41-25-33(22-23-44-41)43(5,6)7)48-35-15-11-14-34(26-35)47-30(4)42(29(3)45-47)32-12-9-8-10-13-32/h8-15,18-28H,16-17H2,1-7H3. The number of hydrogen-bond acceptors (Lipinski definition) is 3. The smallest absolute Gasteiger partial charge is 0.137 e. The maximum Gasteiger partial charge on any atom is 0.137 e. The molecule has 0 saturated heterocycles. The minimum atomic E-state index is 0.00703. The van der Waals surface area contributed by atoms with Crippen molar-refractivity contribution >= 4 is 21.8 Å². The predicted molar refractivity (Wildman–Crippen MR) is 199 cm³/mol. The third kappa shape index (κ3) is 6.01. The fourth-order valence-electron chi connectivity index (χ4n) is 6.71. The molecule has 3 heterocycles. The highest BCUT2D eigenvalue weighted by atomic mass is 16.5. The van der Waals surface area contributed by atoms with Gasteiger partial charge in [0, 0.05) is 40.4 Å². The van der Waals surface area contributed by atoms with E-state index in [4.69, 9.17) is 14.8 Å². The first-order chi connectivity index (χ1) is 23.1. The Kier molecular flexibility index (Phi) is 8.16. The van der Waals surface area contributed by atoms with Crippen LogP contribution >= 0.6 is 0 Å². The lowest BCUT2D eigenvalue weighted by molar-refractivity contribution is 0.482. The van der Waals surface area contributed by atoms with E-state index in [0.29, 0.717) is 5.92 Å². The Morgan fingerprint density at radius 2 is 1.54 bits per heavy atom. The second-order valence-corrected chi connectivity index (χ2v) is 14.4. The summed E-state index contributed by atoms with van der Waals surface area (Å²) in [6.45, 7) is 15.5. The van der Waals surface area contributed by atoms with Crippen LogP contribution in [-0.2, 0) is 11.8 Å². The Hall–Kier alpha value is -5.16. The van der Waals surface area contributed by atoms with E-state index in [9.17, 15) is 0 Å². The summed E-state index contributed by atoms with van der Waals surface area (Å²) in [5.74, 6) is 3.10. The van der Waals surface area contributed by atoms with Gasteiger partial charge < -0.3 is 4.74 Å². The van der Waals surface area contributed by atoms with E-state index < -0.39 is 0 Å². The Morgan fingerprint density at radius 3 is 2.31 bits per heavy atom. The molecule has 0 unspecified atom stereocenters. The topological polar surface area (TPSA) is 44.9 Å². The van der Waals surface area contributed by atoms with Crippen molar-refractivity contribution in [2.75, 3.05) is 0 Å². The average Bonchev–Trinajstić information content (AvgIpc) is 3.56. The van der Waals surface area contributed by atoms with Gasteiger partial charge in [0.2, 0.25) is 0 Å². The van der Waals surface area contributed by atoms with Crippen molar-refractivity contribution in [3.63, 3.8) is 0 Å². The molecule has 48 heavy (non-hydrogen) atoms. The number of nitrogens with zero attached hydrogens (tertiary/aromatic N) is 4. The zero-order chi connectivity index (χ0) is 33.6. The summed E-state index contributed by atoms with van der Waals surface area (Å²) in [6, 6.07) is 36.3. The van der Waals surface area contributed by atoms with Gasteiger partial charge in [-0.1, -0.05) is 77.1 Å². The number of fused-ring (bicyclic) bond motifs is 3. The van der Waals surface area contributed by atoms with Gasteiger partial charge in [-0.05, 0) is 103 Å². The van der Waals surface area contributed by atoms with Crippen LogP contribution in [0, 0.1) is 19.8 Å². The van der Waals surface area contributed by atoms with Gasteiger partial charge in [0.05, 0.1) is 22.4 Å². The molecule has 3 aromatic heterocycles. The second-order valence-electron chi connectivity index (χ2n) is 14.4. The lowest BCUT2D eigenvalue weighted by Gasteiger charge is -2.20. The molecule has 0 amide bonds. The van der Waals surface area contributed by atoms with Gasteiger partial charge in [0.1, 0.15) is 17.3 Å². The van der Waals surface area contributed by atoms with Crippen LogP contribution in [0.3, 0.4) is 0 Å². The Morgan fingerprint density at radius 1 is 0.750 bits per heavy atom. The van der Waals surface area contributed by atoms with E-state index in [1.54, 1.807) is 0 Å². The van der Waals surface area contributed by atoms with E-state index in [1.807, 2.05) is 29.1 Å². The van der Waals surface area contributed by atoms with Crippen LogP contribution in [0.5, 0.6) is 11.5 Å². The number of benzene rings is 4. The maximum absolute atomic E-state index is 6.59. The number of aromatic nitrogens is 4. The lowest BCUT2D eigenvalue weighted by atomic mass is 9.88. The van der Waals surface area contributed by atoms with E-state index in [0.717, 1.165) is 57.4 Å². The normalized spacial score (nSPS) is 12.0. The predicted octanol–water partition coefficient (Wildman–Crippen LogP) is 11.3. The molecule has 0 spiro atoms. The van der Waals surface area contributed by atoms with Crippen molar-refractivity contribution in [1.29, 1.82) is 0 Å². The second kappa shape index (κ2) is 12.5. The highest BCUT2D eigenvalue weighted by Crippen LogP contribution is 2.37. The number of ether oxygens (including phenoxy) is 1. The fourth-order valence-corrected chi connectivity index (χ4v) is 6.71. The van der Waals surface area contributed by atoms with Gasteiger partial charge in [-0.2, -0.15) is 5.10 Å². The van der Waals surface area contributed by atoms with Gasteiger partial charge >= 0.3 is 0 Å². The van der Waals surface area contributed by atoms with E-state index >= 15 is 0 Å². The van der Waals surface area contributed by atoms with Gasteiger partial charge in [0.15, 0.2) is 0 Å². The molecule has 7 aromatic rings. The van der Waals surface area contributed by atoms with Crippen LogP contribution in [0.15, 0.2) is 109 Å². The van der Waals surface area contributed by atoms with E-state index in [2.05, 4.69) is 138 Å². The number of hydrogen-bond donors (Lipinski definition) is 0. The summed E-state index contributed by atoms with van der Waals surface area (Å²) in [5, 5.41) is 7.35. The number of aryl methyl sites for hydroxylation is 2. The van der Waals surface area contributed by atoms with Crippen LogP contribution < -0.4 is 4.74 Å². The third-order valence-electron chi connectivity index (χ3n) is 9.30. The minimum absolute atomic E-state index is 0.00703. The molecule has 0 atom stereocenters. The first kappa shape index (κ1) is 31.4. The van der Waals surface area contributed by atoms with Gasteiger partial charge in [-0.25, -0.2) is 9.67 Å². The van der Waals surface area contributed by atoms with E-state index in [1.165, 1.54) is 33.9 Å². The summed E-state index contributed by atoms with van der Waals surface area (Å²) >= 11 is 0. The van der Waals surface area contributed by atoms with Crippen molar-refractivity contribution in [1.82, 2.24) is 19.3 Å². The zero-order valence-electron chi connectivity index (χ0n) is 29.1. The van der Waals surface area contributed by atoms with Crippen molar-refractivity contribution in [2.45, 2.75) is 66.7 Å². The first-order valence-corrected chi connectivity index (χ1v) is 17.0. The molecule has 5 nitrogen and oxygen atoms in total. The molecule has 7 rings (SSSR count). The molecule has 0 fully saturated rings. The Bertz CT molecular complexity index is 2250. The minimum Gasteiger partial charge on any atom is -0.457 e. The van der Waals surface area contributed by atoms with Crippen LogP contribution in [0.4, 0.5) is 0 Å². The fraction of sp³-hybridized carbons (Fsp3) is 0.256. The quantitative estimate of drug-likeness (QED) is 0.167. The summed E-state index contributed by atoms with van der Waals surface area (Å²) in [6.07, 6.45) is 4.16. The molecule has 4 aromatic carbocycles. The van der Waals surface area contributed by atoms with Crippen LogP contribution in [0.2, 0.25) is 0 Å².